The number of halogens is 2. The molecule has 0 radical (unpaired) electrons. The Morgan fingerprint density at radius 3 is 2.20 bits per heavy atom. The van der Waals surface area contributed by atoms with E-state index in [0.717, 1.165) is 16.7 Å². The van der Waals surface area contributed by atoms with Crippen LogP contribution in [0.5, 0.6) is 0 Å². The van der Waals surface area contributed by atoms with E-state index in [1.807, 2.05) is 58.9 Å². The summed E-state index contributed by atoms with van der Waals surface area (Å²) < 4.78 is 0. The fourth-order valence-electron chi connectivity index (χ4n) is 3.32. The van der Waals surface area contributed by atoms with Gasteiger partial charge in [-0.3, -0.25) is 9.59 Å². The van der Waals surface area contributed by atoms with Gasteiger partial charge in [0.2, 0.25) is 11.8 Å². The van der Waals surface area contributed by atoms with Crippen LogP contribution in [0.4, 0.5) is 0 Å². The lowest BCUT2D eigenvalue weighted by Gasteiger charge is -2.31. The van der Waals surface area contributed by atoms with Crippen LogP contribution in [0, 0.1) is 13.8 Å². The molecule has 4 nitrogen and oxygen atoms in total. The molecule has 6 heteroatoms. The van der Waals surface area contributed by atoms with Crippen molar-refractivity contribution in [3.05, 3.63) is 68.7 Å². The molecule has 1 atom stereocenters. The van der Waals surface area contributed by atoms with Crippen molar-refractivity contribution in [3.8, 4) is 0 Å². The molecule has 0 unspecified atom stereocenters. The van der Waals surface area contributed by atoms with E-state index >= 15 is 0 Å². The van der Waals surface area contributed by atoms with Crippen LogP contribution >= 0.6 is 23.2 Å². The zero-order valence-electron chi connectivity index (χ0n) is 18.3. The van der Waals surface area contributed by atoms with Gasteiger partial charge in [-0.15, -0.1) is 0 Å². The van der Waals surface area contributed by atoms with Gasteiger partial charge >= 0.3 is 0 Å². The molecule has 1 N–H and O–H groups in total. The summed E-state index contributed by atoms with van der Waals surface area (Å²) in [4.78, 5) is 27.8. The summed E-state index contributed by atoms with van der Waals surface area (Å²) >= 11 is 12.2. The predicted octanol–water partition coefficient (Wildman–Crippen LogP) is 5.48. The van der Waals surface area contributed by atoms with E-state index in [9.17, 15) is 9.59 Å². The largest absolute Gasteiger partial charge is 0.352 e. The maximum absolute atomic E-state index is 13.3. The van der Waals surface area contributed by atoms with E-state index in [4.69, 9.17) is 23.2 Å². The van der Waals surface area contributed by atoms with E-state index in [1.165, 1.54) is 5.56 Å². The van der Waals surface area contributed by atoms with E-state index in [0.29, 0.717) is 16.5 Å². The van der Waals surface area contributed by atoms with Gasteiger partial charge in [-0.1, -0.05) is 54.4 Å². The van der Waals surface area contributed by atoms with Crippen LogP contribution in [-0.4, -0.2) is 28.8 Å². The topological polar surface area (TPSA) is 49.4 Å². The molecule has 2 aromatic carbocycles. The van der Waals surface area contributed by atoms with Gasteiger partial charge in [0, 0.05) is 12.6 Å². The van der Waals surface area contributed by atoms with Crippen LogP contribution in [0.2, 0.25) is 10.0 Å². The summed E-state index contributed by atoms with van der Waals surface area (Å²) in [5.74, 6) is -0.254. The molecule has 2 aromatic rings. The Labute approximate surface area is 189 Å². The Bertz CT molecular complexity index is 912. The van der Waals surface area contributed by atoms with Crippen molar-refractivity contribution < 1.29 is 9.59 Å². The number of carbonyl (C=O) groups excluding carboxylic acids is 2. The molecule has 0 aliphatic rings. The number of hydrogen-bond acceptors (Lipinski definition) is 2. The zero-order valence-corrected chi connectivity index (χ0v) is 19.8. The normalized spacial score (nSPS) is 12.0. The first-order chi connectivity index (χ1) is 14.1. The minimum atomic E-state index is -0.569. The molecule has 0 saturated heterocycles. The number of benzene rings is 2. The SMILES string of the molecule is CC[C@H](C(=O)NC(C)C)N(Cc1ccc(Cl)c(Cl)c1)C(=O)Cc1ccc(C)c(C)c1. The third-order valence-corrected chi connectivity index (χ3v) is 5.82. The second-order valence-corrected chi connectivity index (χ2v) is 8.77. The van der Waals surface area contributed by atoms with Gasteiger partial charge in [-0.05, 0) is 68.5 Å². The first-order valence-corrected chi connectivity index (χ1v) is 11.0. The summed E-state index contributed by atoms with van der Waals surface area (Å²) in [6.45, 7) is 10.1. The summed E-state index contributed by atoms with van der Waals surface area (Å²) in [6, 6.07) is 10.7. The monoisotopic (exact) mass is 448 g/mol. The highest BCUT2D eigenvalue weighted by molar-refractivity contribution is 6.42. The van der Waals surface area contributed by atoms with Crippen molar-refractivity contribution in [2.75, 3.05) is 0 Å². The Morgan fingerprint density at radius 1 is 0.967 bits per heavy atom. The fraction of sp³-hybridized carbons (Fsp3) is 0.417. The first-order valence-electron chi connectivity index (χ1n) is 10.2. The molecule has 0 aliphatic carbocycles. The van der Waals surface area contributed by atoms with Gasteiger partial charge in [0.05, 0.1) is 16.5 Å². The van der Waals surface area contributed by atoms with Crippen molar-refractivity contribution in [2.45, 2.75) is 66.1 Å². The van der Waals surface area contributed by atoms with E-state index in [2.05, 4.69) is 5.32 Å². The Balaban J connectivity index is 2.34. The third kappa shape index (κ3) is 6.48. The minimum absolute atomic E-state index is 0.00627. The standard InChI is InChI=1S/C24H30Cl2N2O2/c1-6-22(24(30)27-15(2)3)28(14-19-9-10-20(25)21(26)12-19)23(29)13-18-8-7-16(4)17(5)11-18/h7-12,15,22H,6,13-14H2,1-5H3,(H,27,30)/t22-/m1/s1. The van der Waals surface area contributed by atoms with E-state index in [1.54, 1.807) is 17.0 Å². The highest BCUT2D eigenvalue weighted by atomic mass is 35.5. The molecule has 0 heterocycles. The highest BCUT2D eigenvalue weighted by Crippen LogP contribution is 2.24. The van der Waals surface area contributed by atoms with Crippen LogP contribution in [0.3, 0.4) is 0 Å². The zero-order chi connectivity index (χ0) is 22.4. The second-order valence-electron chi connectivity index (χ2n) is 7.95. The lowest BCUT2D eigenvalue weighted by molar-refractivity contribution is -0.141. The number of nitrogens with one attached hydrogen (secondary N) is 1. The number of rotatable bonds is 8. The quantitative estimate of drug-likeness (QED) is 0.580. The highest BCUT2D eigenvalue weighted by Gasteiger charge is 2.29. The average Bonchev–Trinajstić information content (AvgIpc) is 2.66. The van der Waals surface area contributed by atoms with Gasteiger partial charge in [-0.2, -0.15) is 0 Å². The smallest absolute Gasteiger partial charge is 0.243 e. The molecule has 162 valence electrons. The summed E-state index contributed by atoms with van der Waals surface area (Å²) in [6.07, 6.45) is 0.743. The molecule has 2 amide bonds. The summed E-state index contributed by atoms with van der Waals surface area (Å²) in [5, 5.41) is 3.82. The molecular weight excluding hydrogens is 419 g/mol. The Kier molecular flexibility index (Phi) is 8.75. The fourth-order valence-corrected chi connectivity index (χ4v) is 3.65. The summed E-state index contributed by atoms with van der Waals surface area (Å²) in [5.41, 5.74) is 4.08. The van der Waals surface area contributed by atoms with Crippen molar-refractivity contribution >= 4 is 35.0 Å². The van der Waals surface area contributed by atoms with Gasteiger partial charge in [0.15, 0.2) is 0 Å². The maximum Gasteiger partial charge on any atom is 0.243 e. The Hall–Kier alpha value is -2.04. The molecule has 30 heavy (non-hydrogen) atoms. The molecular formula is C24H30Cl2N2O2. The third-order valence-electron chi connectivity index (χ3n) is 5.08. The maximum atomic E-state index is 13.3. The van der Waals surface area contributed by atoms with Crippen molar-refractivity contribution in [2.24, 2.45) is 0 Å². The van der Waals surface area contributed by atoms with E-state index < -0.39 is 6.04 Å². The number of amides is 2. The van der Waals surface area contributed by atoms with Crippen LogP contribution in [0.25, 0.3) is 0 Å². The lowest BCUT2D eigenvalue weighted by Crippen LogP contribution is -2.50. The number of aryl methyl sites for hydroxylation is 2. The molecule has 0 aromatic heterocycles. The molecule has 0 bridgehead atoms. The van der Waals surface area contributed by atoms with Gasteiger partial charge in [-0.25, -0.2) is 0 Å². The Morgan fingerprint density at radius 2 is 1.63 bits per heavy atom. The number of hydrogen-bond donors (Lipinski definition) is 1. The van der Waals surface area contributed by atoms with Crippen LogP contribution in [-0.2, 0) is 22.6 Å². The minimum Gasteiger partial charge on any atom is -0.352 e. The van der Waals surface area contributed by atoms with Gasteiger partial charge in [0.25, 0.3) is 0 Å². The number of nitrogens with zero attached hydrogens (tertiary/aromatic N) is 1. The molecule has 0 aliphatic heterocycles. The number of carbonyl (C=O) groups is 2. The first kappa shape index (κ1) is 24.2. The lowest BCUT2D eigenvalue weighted by atomic mass is 10.0. The van der Waals surface area contributed by atoms with Crippen molar-refractivity contribution in [1.82, 2.24) is 10.2 Å². The molecule has 0 saturated carbocycles. The van der Waals surface area contributed by atoms with Gasteiger partial charge < -0.3 is 10.2 Å². The van der Waals surface area contributed by atoms with Crippen molar-refractivity contribution in [3.63, 3.8) is 0 Å². The van der Waals surface area contributed by atoms with Gasteiger partial charge in [0.1, 0.15) is 6.04 Å². The summed E-state index contributed by atoms with van der Waals surface area (Å²) in [7, 11) is 0. The van der Waals surface area contributed by atoms with Crippen LogP contribution in [0.1, 0.15) is 49.4 Å². The molecule has 2 rings (SSSR count). The average molecular weight is 449 g/mol. The van der Waals surface area contributed by atoms with Crippen LogP contribution in [0.15, 0.2) is 36.4 Å². The molecule has 0 fully saturated rings. The predicted molar refractivity (Wildman–Crippen MR) is 124 cm³/mol. The molecule has 0 spiro atoms. The van der Waals surface area contributed by atoms with E-state index in [-0.39, 0.29) is 30.8 Å². The second kappa shape index (κ2) is 10.8. The van der Waals surface area contributed by atoms with Crippen molar-refractivity contribution in [1.29, 1.82) is 0 Å². The van der Waals surface area contributed by atoms with Crippen LogP contribution < -0.4 is 5.32 Å².